The maximum Gasteiger partial charge on any atom is 0.259 e. The SMILES string of the molecule is O=C(c1cccnc1OC1CCSC1)N1CCCCC1CCO. The first-order chi connectivity index (χ1) is 11.3. The number of carbonyl (C=O) groups is 1. The van der Waals surface area contributed by atoms with Crippen LogP contribution in [-0.2, 0) is 0 Å². The Morgan fingerprint density at radius 2 is 2.35 bits per heavy atom. The van der Waals surface area contributed by atoms with E-state index in [0.717, 1.165) is 43.7 Å². The van der Waals surface area contributed by atoms with E-state index in [1.807, 2.05) is 16.7 Å². The number of ether oxygens (including phenoxy) is 1. The van der Waals surface area contributed by atoms with E-state index in [4.69, 9.17) is 4.74 Å². The van der Waals surface area contributed by atoms with Gasteiger partial charge < -0.3 is 14.7 Å². The van der Waals surface area contributed by atoms with Crippen LogP contribution in [-0.4, -0.2) is 57.7 Å². The molecule has 2 aliphatic rings. The minimum absolute atomic E-state index is 0.0168. The van der Waals surface area contributed by atoms with Crippen LogP contribution in [0.4, 0.5) is 0 Å². The summed E-state index contributed by atoms with van der Waals surface area (Å²) in [6.45, 7) is 0.862. The molecule has 1 aromatic heterocycles. The number of hydrogen-bond acceptors (Lipinski definition) is 5. The number of carbonyl (C=O) groups excluding carboxylic acids is 1. The number of nitrogens with zero attached hydrogens (tertiary/aromatic N) is 2. The summed E-state index contributed by atoms with van der Waals surface area (Å²) >= 11 is 1.87. The Kier molecular flexibility index (Phi) is 5.78. The highest BCUT2D eigenvalue weighted by molar-refractivity contribution is 7.99. The number of hydrogen-bond donors (Lipinski definition) is 1. The lowest BCUT2D eigenvalue weighted by Gasteiger charge is -2.35. The van der Waals surface area contributed by atoms with E-state index in [1.54, 1.807) is 18.3 Å². The molecule has 6 heteroatoms. The van der Waals surface area contributed by atoms with E-state index >= 15 is 0 Å². The lowest BCUT2D eigenvalue weighted by molar-refractivity contribution is 0.0567. The lowest BCUT2D eigenvalue weighted by atomic mass is 9.98. The first-order valence-corrected chi connectivity index (χ1v) is 9.56. The Bertz CT molecular complexity index is 532. The number of pyridine rings is 1. The van der Waals surface area contributed by atoms with Gasteiger partial charge in [-0.2, -0.15) is 11.8 Å². The van der Waals surface area contributed by atoms with Gasteiger partial charge in [0.1, 0.15) is 11.7 Å². The fraction of sp³-hybridized carbons (Fsp3) is 0.647. The molecule has 2 saturated heterocycles. The standard InChI is InChI=1S/C17H24N2O3S/c20-10-6-13-4-1-2-9-19(13)17(21)15-5-3-8-18-16(15)22-14-7-11-23-12-14/h3,5,8,13-14,20H,1-2,4,6-7,9-12H2. The van der Waals surface area contributed by atoms with Gasteiger partial charge in [-0.25, -0.2) is 4.98 Å². The highest BCUT2D eigenvalue weighted by atomic mass is 32.2. The Morgan fingerprint density at radius 3 is 3.13 bits per heavy atom. The zero-order valence-corrected chi connectivity index (χ0v) is 14.1. The summed E-state index contributed by atoms with van der Waals surface area (Å²) in [5.74, 6) is 2.50. The van der Waals surface area contributed by atoms with E-state index in [0.29, 0.717) is 17.9 Å². The first-order valence-electron chi connectivity index (χ1n) is 8.41. The number of aliphatic hydroxyl groups excluding tert-OH is 1. The monoisotopic (exact) mass is 336 g/mol. The number of thioether (sulfide) groups is 1. The molecule has 1 aromatic rings. The van der Waals surface area contributed by atoms with Gasteiger partial charge in [-0.15, -0.1) is 0 Å². The van der Waals surface area contributed by atoms with Gasteiger partial charge in [0.05, 0.1) is 0 Å². The summed E-state index contributed by atoms with van der Waals surface area (Å²) in [4.78, 5) is 19.2. The molecule has 5 nitrogen and oxygen atoms in total. The molecule has 3 heterocycles. The summed E-state index contributed by atoms with van der Waals surface area (Å²) in [7, 11) is 0. The number of rotatable bonds is 5. The number of aromatic nitrogens is 1. The minimum atomic E-state index is -0.0168. The summed E-state index contributed by atoms with van der Waals surface area (Å²) in [5, 5.41) is 9.26. The average molecular weight is 336 g/mol. The molecule has 0 saturated carbocycles. The molecule has 23 heavy (non-hydrogen) atoms. The van der Waals surface area contributed by atoms with Crippen LogP contribution in [0, 0.1) is 0 Å². The van der Waals surface area contributed by atoms with Crippen molar-refractivity contribution < 1.29 is 14.6 Å². The minimum Gasteiger partial charge on any atom is -0.473 e. The van der Waals surface area contributed by atoms with Crippen molar-refractivity contribution in [3.05, 3.63) is 23.9 Å². The second kappa shape index (κ2) is 8.02. The third kappa shape index (κ3) is 3.98. The molecule has 2 fully saturated rings. The van der Waals surface area contributed by atoms with Crippen LogP contribution in [0.2, 0.25) is 0 Å². The van der Waals surface area contributed by atoms with Gasteiger partial charge >= 0.3 is 0 Å². The van der Waals surface area contributed by atoms with Crippen molar-refractivity contribution >= 4 is 17.7 Å². The van der Waals surface area contributed by atoms with Crippen molar-refractivity contribution in [2.24, 2.45) is 0 Å². The van der Waals surface area contributed by atoms with Crippen LogP contribution in [0.15, 0.2) is 18.3 Å². The van der Waals surface area contributed by atoms with E-state index in [9.17, 15) is 9.90 Å². The van der Waals surface area contributed by atoms with Gasteiger partial charge in [-0.05, 0) is 50.0 Å². The van der Waals surface area contributed by atoms with Gasteiger partial charge in [0.2, 0.25) is 5.88 Å². The zero-order chi connectivity index (χ0) is 16.1. The van der Waals surface area contributed by atoms with Gasteiger partial charge in [-0.3, -0.25) is 4.79 Å². The number of piperidine rings is 1. The smallest absolute Gasteiger partial charge is 0.259 e. The van der Waals surface area contributed by atoms with Crippen LogP contribution < -0.4 is 4.74 Å². The second-order valence-corrected chi connectivity index (χ2v) is 7.27. The van der Waals surface area contributed by atoms with E-state index in [1.165, 1.54) is 0 Å². The Morgan fingerprint density at radius 1 is 1.43 bits per heavy atom. The molecule has 2 atom stereocenters. The molecule has 0 radical (unpaired) electrons. The normalized spacial score (nSPS) is 24.7. The van der Waals surface area contributed by atoms with Gasteiger partial charge in [0.15, 0.2) is 0 Å². The Hall–Kier alpha value is -1.27. The fourth-order valence-electron chi connectivity index (χ4n) is 3.28. The molecule has 0 spiro atoms. The number of amides is 1. The van der Waals surface area contributed by atoms with Crippen molar-refractivity contribution in [1.82, 2.24) is 9.88 Å². The maximum absolute atomic E-state index is 13.0. The fourth-order valence-corrected chi connectivity index (χ4v) is 4.38. The Labute approximate surface area is 141 Å². The predicted molar refractivity (Wildman–Crippen MR) is 91.0 cm³/mol. The largest absolute Gasteiger partial charge is 0.473 e. The highest BCUT2D eigenvalue weighted by Crippen LogP contribution is 2.27. The van der Waals surface area contributed by atoms with Crippen molar-refractivity contribution in [2.45, 2.75) is 44.2 Å². The van der Waals surface area contributed by atoms with Gasteiger partial charge in [0, 0.05) is 31.1 Å². The van der Waals surface area contributed by atoms with Crippen LogP contribution in [0.25, 0.3) is 0 Å². The van der Waals surface area contributed by atoms with Crippen LogP contribution in [0.1, 0.15) is 42.5 Å². The quantitative estimate of drug-likeness (QED) is 0.894. The van der Waals surface area contributed by atoms with Crippen molar-refractivity contribution in [3.8, 4) is 5.88 Å². The maximum atomic E-state index is 13.0. The van der Waals surface area contributed by atoms with Crippen LogP contribution in [0.3, 0.4) is 0 Å². The number of likely N-dealkylation sites (tertiary alicyclic amines) is 1. The summed E-state index contributed by atoms with van der Waals surface area (Å²) in [6, 6.07) is 3.71. The molecule has 2 aliphatic heterocycles. The summed E-state index contributed by atoms with van der Waals surface area (Å²) in [6.07, 6.45) is 6.56. The van der Waals surface area contributed by atoms with Crippen molar-refractivity contribution in [2.75, 3.05) is 24.7 Å². The van der Waals surface area contributed by atoms with Gasteiger partial charge in [-0.1, -0.05) is 0 Å². The topological polar surface area (TPSA) is 62.7 Å². The highest BCUT2D eigenvalue weighted by Gasteiger charge is 2.30. The van der Waals surface area contributed by atoms with Crippen molar-refractivity contribution in [3.63, 3.8) is 0 Å². The second-order valence-electron chi connectivity index (χ2n) is 6.12. The molecular weight excluding hydrogens is 312 g/mol. The van der Waals surface area contributed by atoms with Crippen molar-refractivity contribution in [1.29, 1.82) is 0 Å². The lowest BCUT2D eigenvalue weighted by Crippen LogP contribution is -2.44. The Balaban J connectivity index is 1.77. The summed E-state index contributed by atoms with van der Waals surface area (Å²) < 4.78 is 5.98. The molecule has 126 valence electrons. The van der Waals surface area contributed by atoms with Crippen LogP contribution >= 0.6 is 11.8 Å². The molecular formula is C17H24N2O3S. The molecule has 0 aliphatic carbocycles. The number of aliphatic hydroxyl groups is 1. The molecule has 3 rings (SSSR count). The summed E-state index contributed by atoms with van der Waals surface area (Å²) in [5.41, 5.74) is 0.550. The molecule has 1 amide bonds. The average Bonchev–Trinajstić information content (AvgIpc) is 3.09. The van der Waals surface area contributed by atoms with E-state index in [2.05, 4.69) is 4.98 Å². The molecule has 2 unspecified atom stereocenters. The van der Waals surface area contributed by atoms with Crippen LogP contribution in [0.5, 0.6) is 5.88 Å². The zero-order valence-electron chi connectivity index (χ0n) is 13.3. The third-order valence-electron chi connectivity index (χ3n) is 4.52. The van der Waals surface area contributed by atoms with Gasteiger partial charge in [0.25, 0.3) is 5.91 Å². The van der Waals surface area contributed by atoms with E-state index in [-0.39, 0.29) is 24.7 Å². The molecule has 0 aromatic carbocycles. The predicted octanol–water partition coefficient (Wildman–Crippen LogP) is 2.34. The third-order valence-corrected chi connectivity index (χ3v) is 5.65. The molecule has 1 N–H and O–H groups in total. The van der Waals surface area contributed by atoms with E-state index < -0.39 is 0 Å². The first kappa shape index (κ1) is 16.6. The molecule has 0 bridgehead atoms.